The van der Waals surface area contributed by atoms with E-state index < -0.39 is 5.25 Å². The number of nitrogens with zero attached hydrogens (tertiary/aromatic N) is 3. The molecule has 0 saturated carbocycles. The summed E-state index contributed by atoms with van der Waals surface area (Å²) in [5.41, 5.74) is 0.696. The fraction of sp³-hybridized carbons (Fsp3) is 0.375. The lowest BCUT2D eigenvalue weighted by atomic mass is 10.2. The molecule has 1 N–H and O–H groups in total. The molecule has 1 saturated heterocycles. The Bertz CT molecular complexity index is 779. The van der Waals surface area contributed by atoms with Crippen LogP contribution in [0.5, 0.6) is 5.75 Å². The Labute approximate surface area is 148 Å². The molecule has 3 rings (SSSR count). The van der Waals surface area contributed by atoms with E-state index in [2.05, 4.69) is 15.5 Å². The SMILES string of the molecule is CCOc1ccccc1-c1nnc(S[C@H](C)C(=O)N2CCNC2=O)o1. The monoisotopic (exact) mass is 362 g/mol. The first-order valence-corrected chi connectivity index (χ1v) is 8.79. The molecule has 3 amide bonds. The number of rotatable bonds is 6. The highest BCUT2D eigenvalue weighted by molar-refractivity contribution is 8.00. The summed E-state index contributed by atoms with van der Waals surface area (Å²) in [5.74, 6) is 0.697. The molecule has 0 radical (unpaired) electrons. The maximum atomic E-state index is 12.3. The predicted octanol–water partition coefficient (Wildman–Crippen LogP) is 2.17. The molecule has 9 heteroatoms. The van der Waals surface area contributed by atoms with Crippen LogP contribution in [0, 0.1) is 0 Å². The molecule has 1 aromatic heterocycles. The number of thioether (sulfide) groups is 1. The van der Waals surface area contributed by atoms with Gasteiger partial charge in [-0.05, 0) is 26.0 Å². The largest absolute Gasteiger partial charge is 0.493 e. The summed E-state index contributed by atoms with van der Waals surface area (Å²) in [6, 6.07) is 7.01. The first-order valence-electron chi connectivity index (χ1n) is 7.91. The number of carbonyl (C=O) groups is 2. The lowest BCUT2D eigenvalue weighted by molar-refractivity contribution is -0.126. The molecular weight excluding hydrogens is 344 g/mol. The number of hydrogen-bond acceptors (Lipinski definition) is 7. The minimum Gasteiger partial charge on any atom is -0.493 e. The highest BCUT2D eigenvalue weighted by Crippen LogP contribution is 2.32. The van der Waals surface area contributed by atoms with Crippen LogP contribution in [-0.4, -0.2) is 52.0 Å². The molecule has 0 bridgehead atoms. The van der Waals surface area contributed by atoms with E-state index in [0.717, 1.165) is 11.8 Å². The Kier molecular flexibility index (Phi) is 5.22. The van der Waals surface area contributed by atoms with E-state index >= 15 is 0 Å². The van der Waals surface area contributed by atoms with Crippen molar-refractivity contribution < 1.29 is 18.7 Å². The van der Waals surface area contributed by atoms with Crippen molar-refractivity contribution in [1.82, 2.24) is 20.4 Å². The molecule has 0 spiro atoms. The van der Waals surface area contributed by atoms with Gasteiger partial charge in [-0.1, -0.05) is 23.9 Å². The third-order valence-corrected chi connectivity index (χ3v) is 4.49. The number of para-hydroxylation sites is 1. The zero-order valence-electron chi connectivity index (χ0n) is 13.9. The van der Waals surface area contributed by atoms with Crippen LogP contribution in [0.2, 0.25) is 0 Å². The predicted molar refractivity (Wildman–Crippen MR) is 91.3 cm³/mol. The average molecular weight is 362 g/mol. The molecule has 1 aromatic carbocycles. The number of urea groups is 1. The van der Waals surface area contributed by atoms with E-state index in [9.17, 15) is 9.59 Å². The van der Waals surface area contributed by atoms with Crippen molar-refractivity contribution in [2.75, 3.05) is 19.7 Å². The molecule has 1 atom stereocenters. The summed E-state index contributed by atoms with van der Waals surface area (Å²) in [6.07, 6.45) is 0. The molecule has 1 fully saturated rings. The van der Waals surface area contributed by atoms with Crippen molar-refractivity contribution in [2.24, 2.45) is 0 Å². The smallest absolute Gasteiger partial charge is 0.324 e. The van der Waals surface area contributed by atoms with Crippen LogP contribution in [0.3, 0.4) is 0 Å². The minimum atomic E-state index is -0.515. The van der Waals surface area contributed by atoms with Gasteiger partial charge >= 0.3 is 6.03 Å². The van der Waals surface area contributed by atoms with Crippen LogP contribution in [0.4, 0.5) is 4.79 Å². The number of carbonyl (C=O) groups excluding carboxylic acids is 2. The zero-order valence-corrected chi connectivity index (χ0v) is 14.7. The van der Waals surface area contributed by atoms with Crippen molar-refractivity contribution in [2.45, 2.75) is 24.3 Å². The van der Waals surface area contributed by atoms with Gasteiger partial charge in [-0.15, -0.1) is 10.2 Å². The second kappa shape index (κ2) is 7.56. The van der Waals surface area contributed by atoms with Gasteiger partial charge in [-0.3, -0.25) is 9.69 Å². The zero-order chi connectivity index (χ0) is 17.8. The summed E-state index contributed by atoms with van der Waals surface area (Å²) >= 11 is 1.12. The average Bonchev–Trinajstić information content (AvgIpc) is 3.24. The van der Waals surface area contributed by atoms with Crippen LogP contribution >= 0.6 is 11.8 Å². The van der Waals surface area contributed by atoms with Gasteiger partial charge in [0.25, 0.3) is 11.1 Å². The van der Waals surface area contributed by atoms with Crippen molar-refractivity contribution in [3.05, 3.63) is 24.3 Å². The standard InChI is InChI=1S/C16H18N4O4S/c1-3-23-12-7-5-4-6-11(12)13-18-19-16(24-13)25-10(2)14(21)20-9-8-17-15(20)22/h4-7,10H,3,8-9H2,1-2H3,(H,17,22)/t10-/m1/s1. The Balaban J connectivity index is 1.71. The molecule has 2 aromatic rings. The summed E-state index contributed by atoms with van der Waals surface area (Å²) in [6.45, 7) is 4.97. The molecule has 0 aliphatic carbocycles. The van der Waals surface area contributed by atoms with Gasteiger partial charge < -0.3 is 14.5 Å². The van der Waals surface area contributed by atoms with Gasteiger partial charge in [0.15, 0.2) is 0 Å². The molecular formula is C16H18N4O4S. The number of aromatic nitrogens is 2. The fourth-order valence-corrected chi connectivity index (χ4v) is 3.14. The van der Waals surface area contributed by atoms with E-state index in [4.69, 9.17) is 9.15 Å². The normalized spacial score (nSPS) is 15.1. The lowest BCUT2D eigenvalue weighted by Crippen LogP contribution is -2.38. The van der Waals surface area contributed by atoms with Crippen molar-refractivity contribution >= 4 is 23.7 Å². The Morgan fingerprint density at radius 1 is 1.44 bits per heavy atom. The second-order valence-corrected chi connectivity index (χ2v) is 6.58. The Hall–Kier alpha value is -2.55. The summed E-state index contributed by atoms with van der Waals surface area (Å²) in [5, 5.41) is 10.4. The minimum absolute atomic E-state index is 0.266. The fourth-order valence-electron chi connectivity index (χ4n) is 2.39. The lowest BCUT2D eigenvalue weighted by Gasteiger charge is -2.15. The number of nitrogens with one attached hydrogen (secondary N) is 1. The van der Waals surface area contributed by atoms with Crippen LogP contribution in [0.15, 0.2) is 33.9 Å². The van der Waals surface area contributed by atoms with Crippen LogP contribution < -0.4 is 10.1 Å². The van der Waals surface area contributed by atoms with E-state index in [1.807, 2.05) is 31.2 Å². The van der Waals surface area contributed by atoms with Crippen molar-refractivity contribution in [3.63, 3.8) is 0 Å². The van der Waals surface area contributed by atoms with Gasteiger partial charge in [-0.25, -0.2) is 4.79 Å². The summed E-state index contributed by atoms with van der Waals surface area (Å²) in [7, 11) is 0. The maximum absolute atomic E-state index is 12.3. The molecule has 25 heavy (non-hydrogen) atoms. The molecule has 132 valence electrons. The van der Waals surface area contributed by atoms with Crippen molar-refractivity contribution in [1.29, 1.82) is 0 Å². The number of hydrogen-bond donors (Lipinski definition) is 1. The van der Waals surface area contributed by atoms with Gasteiger partial charge in [0, 0.05) is 13.1 Å². The Morgan fingerprint density at radius 2 is 2.24 bits per heavy atom. The highest BCUT2D eigenvalue weighted by atomic mass is 32.2. The summed E-state index contributed by atoms with van der Waals surface area (Å²) < 4.78 is 11.2. The van der Waals surface area contributed by atoms with Gasteiger partial charge in [-0.2, -0.15) is 0 Å². The molecule has 2 heterocycles. The van der Waals surface area contributed by atoms with Crippen LogP contribution in [0.25, 0.3) is 11.5 Å². The highest BCUT2D eigenvalue weighted by Gasteiger charge is 2.31. The van der Waals surface area contributed by atoms with Crippen LogP contribution in [-0.2, 0) is 4.79 Å². The van der Waals surface area contributed by atoms with E-state index in [1.54, 1.807) is 6.92 Å². The van der Waals surface area contributed by atoms with Gasteiger partial charge in [0.2, 0.25) is 5.91 Å². The maximum Gasteiger partial charge on any atom is 0.324 e. The molecule has 1 aliphatic heterocycles. The number of imide groups is 1. The topological polar surface area (TPSA) is 97.6 Å². The van der Waals surface area contributed by atoms with E-state index in [0.29, 0.717) is 36.9 Å². The van der Waals surface area contributed by atoms with E-state index in [-0.39, 0.29) is 17.2 Å². The van der Waals surface area contributed by atoms with Crippen LogP contribution in [0.1, 0.15) is 13.8 Å². The Morgan fingerprint density at radius 3 is 2.96 bits per heavy atom. The molecule has 1 aliphatic rings. The number of amides is 3. The third-order valence-electron chi connectivity index (χ3n) is 3.57. The second-order valence-electron chi connectivity index (χ2n) is 5.28. The first-order chi connectivity index (χ1) is 12.1. The van der Waals surface area contributed by atoms with E-state index in [1.165, 1.54) is 4.90 Å². The molecule has 0 unspecified atom stereocenters. The van der Waals surface area contributed by atoms with Gasteiger partial charge in [0.05, 0.1) is 17.4 Å². The quantitative estimate of drug-likeness (QED) is 0.786. The van der Waals surface area contributed by atoms with Crippen molar-refractivity contribution in [3.8, 4) is 17.2 Å². The molecule has 8 nitrogen and oxygen atoms in total. The number of ether oxygens (including phenoxy) is 1. The third kappa shape index (κ3) is 3.76. The first kappa shape index (κ1) is 17.3. The summed E-state index contributed by atoms with van der Waals surface area (Å²) in [4.78, 5) is 25.1. The van der Waals surface area contributed by atoms with Gasteiger partial charge in [0.1, 0.15) is 5.75 Å². The number of benzene rings is 1.